The molecule has 2 aromatic carbocycles. The van der Waals surface area contributed by atoms with Crippen molar-refractivity contribution in [2.75, 3.05) is 34.8 Å². The second-order valence-electron chi connectivity index (χ2n) is 6.79. The van der Waals surface area contributed by atoms with E-state index in [2.05, 4.69) is 73.4 Å². The van der Waals surface area contributed by atoms with Gasteiger partial charge >= 0.3 is 0 Å². The lowest BCUT2D eigenvalue weighted by atomic mass is 10.2. The quantitative estimate of drug-likeness (QED) is 0.862. The van der Waals surface area contributed by atoms with Crippen molar-refractivity contribution in [2.45, 2.75) is 18.5 Å². The van der Waals surface area contributed by atoms with Crippen molar-refractivity contribution in [1.82, 2.24) is 10.2 Å². The fourth-order valence-electron chi connectivity index (χ4n) is 4.08. The molecular formula is C19H22N4S. The molecule has 2 saturated heterocycles. The van der Waals surface area contributed by atoms with Gasteiger partial charge in [0, 0.05) is 38.3 Å². The molecule has 124 valence electrons. The number of para-hydroxylation sites is 3. The fourth-order valence-corrected chi connectivity index (χ4v) is 5.15. The first-order valence-electron chi connectivity index (χ1n) is 8.76. The Morgan fingerprint density at radius 2 is 1.75 bits per heavy atom. The van der Waals surface area contributed by atoms with Gasteiger partial charge in [-0.1, -0.05) is 30.3 Å². The standard InChI is InChI=1S/C19H22N4S/c1-2-6-16(7-3-1)23-19-9-5-4-8-18(19)22(24-23)11-10-21-14-15-12-17(21)13-20-15/h1-9,15,17,20H,10-14H2. The third kappa shape index (κ3) is 2.48. The van der Waals surface area contributed by atoms with Crippen molar-refractivity contribution >= 4 is 29.2 Å². The van der Waals surface area contributed by atoms with E-state index in [4.69, 9.17) is 0 Å². The van der Waals surface area contributed by atoms with Crippen molar-refractivity contribution in [3.05, 3.63) is 54.6 Å². The zero-order chi connectivity index (χ0) is 15.9. The number of fused-ring (bicyclic) bond motifs is 3. The molecule has 2 aromatic rings. The lowest BCUT2D eigenvalue weighted by Crippen LogP contribution is -2.45. The van der Waals surface area contributed by atoms with Crippen LogP contribution in [-0.4, -0.2) is 43.2 Å². The molecule has 0 amide bonds. The molecule has 2 fully saturated rings. The second-order valence-corrected chi connectivity index (χ2v) is 7.76. The number of nitrogens with zero attached hydrogens (tertiary/aromatic N) is 3. The highest BCUT2D eigenvalue weighted by Crippen LogP contribution is 2.48. The average Bonchev–Trinajstić information content (AvgIpc) is 3.35. The molecule has 0 saturated carbocycles. The number of likely N-dealkylation sites (tertiary alicyclic amines) is 1. The number of nitrogens with one attached hydrogen (secondary N) is 1. The second kappa shape index (κ2) is 5.99. The van der Waals surface area contributed by atoms with Crippen LogP contribution in [0.15, 0.2) is 54.6 Å². The Morgan fingerprint density at radius 1 is 0.958 bits per heavy atom. The summed E-state index contributed by atoms with van der Waals surface area (Å²) >= 11 is 1.82. The van der Waals surface area contributed by atoms with E-state index in [0.717, 1.165) is 25.2 Å². The largest absolute Gasteiger partial charge is 0.311 e. The third-order valence-electron chi connectivity index (χ3n) is 5.30. The highest BCUT2D eigenvalue weighted by atomic mass is 32.2. The predicted octanol–water partition coefficient (Wildman–Crippen LogP) is 3.25. The van der Waals surface area contributed by atoms with Crippen LogP contribution in [0.1, 0.15) is 6.42 Å². The van der Waals surface area contributed by atoms with E-state index in [9.17, 15) is 0 Å². The molecule has 2 bridgehead atoms. The average molecular weight is 338 g/mol. The lowest BCUT2D eigenvalue weighted by Gasteiger charge is -2.29. The van der Waals surface area contributed by atoms with E-state index in [1.165, 1.54) is 36.6 Å². The maximum absolute atomic E-state index is 3.59. The predicted molar refractivity (Wildman–Crippen MR) is 102 cm³/mol. The minimum atomic E-state index is 0.731. The molecule has 2 unspecified atom stereocenters. The van der Waals surface area contributed by atoms with Crippen LogP contribution >= 0.6 is 12.1 Å². The number of anilines is 3. The lowest BCUT2D eigenvalue weighted by molar-refractivity contribution is 0.233. The van der Waals surface area contributed by atoms with Gasteiger partial charge in [-0.3, -0.25) is 13.5 Å². The van der Waals surface area contributed by atoms with Gasteiger partial charge in [0.2, 0.25) is 0 Å². The molecule has 24 heavy (non-hydrogen) atoms. The smallest absolute Gasteiger partial charge is 0.0784 e. The number of rotatable bonds is 4. The van der Waals surface area contributed by atoms with Crippen LogP contribution in [0.25, 0.3) is 0 Å². The van der Waals surface area contributed by atoms with Crippen molar-refractivity contribution < 1.29 is 0 Å². The first kappa shape index (κ1) is 14.6. The molecule has 0 aromatic heterocycles. The van der Waals surface area contributed by atoms with E-state index in [0.29, 0.717) is 0 Å². The maximum atomic E-state index is 3.59. The van der Waals surface area contributed by atoms with Crippen LogP contribution in [0.5, 0.6) is 0 Å². The van der Waals surface area contributed by atoms with Crippen LogP contribution in [0, 0.1) is 0 Å². The van der Waals surface area contributed by atoms with E-state index in [-0.39, 0.29) is 0 Å². The van der Waals surface area contributed by atoms with Crippen LogP contribution in [0.2, 0.25) is 0 Å². The van der Waals surface area contributed by atoms with Gasteiger partial charge in [-0.15, -0.1) is 0 Å². The van der Waals surface area contributed by atoms with Gasteiger partial charge in [0.25, 0.3) is 0 Å². The fraction of sp³-hybridized carbons (Fsp3) is 0.368. The van der Waals surface area contributed by atoms with E-state index < -0.39 is 0 Å². The molecule has 0 aliphatic carbocycles. The Hall–Kier alpha value is -1.69. The Labute approximate surface area is 147 Å². The van der Waals surface area contributed by atoms with Gasteiger partial charge in [0.1, 0.15) is 0 Å². The van der Waals surface area contributed by atoms with Crippen LogP contribution in [-0.2, 0) is 0 Å². The minimum absolute atomic E-state index is 0.731. The van der Waals surface area contributed by atoms with Crippen molar-refractivity contribution in [3.63, 3.8) is 0 Å². The van der Waals surface area contributed by atoms with Gasteiger partial charge in [0.15, 0.2) is 0 Å². The summed E-state index contributed by atoms with van der Waals surface area (Å²) < 4.78 is 4.79. The Bertz CT molecular complexity index is 722. The summed E-state index contributed by atoms with van der Waals surface area (Å²) in [5.74, 6) is 0. The molecule has 1 N–H and O–H groups in total. The zero-order valence-electron chi connectivity index (χ0n) is 13.6. The van der Waals surface area contributed by atoms with Crippen molar-refractivity contribution in [3.8, 4) is 0 Å². The number of piperazine rings is 1. The minimum Gasteiger partial charge on any atom is -0.311 e. The SMILES string of the molecule is c1ccc(N2SN(CCN3CC4CC3CN4)c3ccccc32)cc1. The summed E-state index contributed by atoms with van der Waals surface area (Å²) in [4.78, 5) is 2.66. The molecule has 2 atom stereocenters. The highest BCUT2D eigenvalue weighted by Gasteiger charge is 2.38. The van der Waals surface area contributed by atoms with E-state index in [1.807, 2.05) is 12.1 Å². The molecular weight excluding hydrogens is 316 g/mol. The normalized spacial score (nSPS) is 25.5. The first-order chi connectivity index (χ1) is 11.9. The number of hydrogen-bond acceptors (Lipinski definition) is 5. The summed E-state index contributed by atoms with van der Waals surface area (Å²) in [5.41, 5.74) is 3.86. The number of benzene rings is 2. The topological polar surface area (TPSA) is 21.8 Å². The Balaban J connectivity index is 1.34. The summed E-state index contributed by atoms with van der Waals surface area (Å²) in [6, 6.07) is 20.9. The zero-order valence-corrected chi connectivity index (χ0v) is 14.5. The van der Waals surface area contributed by atoms with E-state index >= 15 is 0 Å². The van der Waals surface area contributed by atoms with Gasteiger partial charge in [0.05, 0.1) is 29.2 Å². The summed E-state index contributed by atoms with van der Waals surface area (Å²) in [6.45, 7) is 4.60. The highest BCUT2D eigenvalue weighted by molar-refractivity contribution is 8.02. The van der Waals surface area contributed by atoms with Gasteiger partial charge < -0.3 is 5.32 Å². The molecule has 0 spiro atoms. The first-order valence-corrected chi connectivity index (χ1v) is 9.49. The van der Waals surface area contributed by atoms with Crippen LogP contribution in [0.3, 0.4) is 0 Å². The summed E-state index contributed by atoms with van der Waals surface area (Å²) in [5, 5.41) is 3.59. The molecule has 3 heterocycles. The van der Waals surface area contributed by atoms with Crippen LogP contribution in [0.4, 0.5) is 17.1 Å². The van der Waals surface area contributed by atoms with Gasteiger partial charge in [-0.2, -0.15) is 0 Å². The Kier molecular flexibility index (Phi) is 3.65. The maximum Gasteiger partial charge on any atom is 0.0784 e. The molecule has 0 radical (unpaired) electrons. The monoisotopic (exact) mass is 338 g/mol. The third-order valence-corrected chi connectivity index (χ3v) is 6.45. The molecule has 4 nitrogen and oxygen atoms in total. The molecule has 3 aliphatic heterocycles. The van der Waals surface area contributed by atoms with Crippen molar-refractivity contribution in [2.24, 2.45) is 0 Å². The molecule has 3 aliphatic rings. The molecule has 5 heteroatoms. The number of hydrogen-bond donors (Lipinski definition) is 1. The summed E-state index contributed by atoms with van der Waals surface area (Å²) in [7, 11) is 0. The van der Waals surface area contributed by atoms with Crippen molar-refractivity contribution in [1.29, 1.82) is 0 Å². The van der Waals surface area contributed by atoms with E-state index in [1.54, 1.807) is 0 Å². The van der Waals surface area contributed by atoms with Gasteiger partial charge in [-0.25, -0.2) is 0 Å². The van der Waals surface area contributed by atoms with Crippen LogP contribution < -0.4 is 13.9 Å². The molecule has 5 rings (SSSR count). The Morgan fingerprint density at radius 3 is 2.50 bits per heavy atom. The summed E-state index contributed by atoms with van der Waals surface area (Å²) in [6.07, 6.45) is 1.33. The van der Waals surface area contributed by atoms with Gasteiger partial charge in [-0.05, 0) is 30.7 Å².